The number of halogens is 3. The molecular weight excluding hydrogens is 593 g/mol. The number of aromatic nitrogens is 6. The lowest BCUT2D eigenvalue weighted by molar-refractivity contribution is 0.460. The van der Waals surface area contributed by atoms with Crippen LogP contribution in [0.1, 0.15) is 6.42 Å². The molecule has 0 spiro atoms. The fraction of sp³-hybridized carbons (Fsp3) is 0.167. The molecule has 2 aromatic carbocycles. The van der Waals surface area contributed by atoms with Crippen LogP contribution in [0.4, 0.5) is 5.95 Å². The number of benzene rings is 2. The summed E-state index contributed by atoms with van der Waals surface area (Å²) in [6, 6.07) is 25.2. The highest BCUT2D eigenvalue weighted by molar-refractivity contribution is 6.31. The first-order valence-corrected chi connectivity index (χ1v) is 14.1. The molecule has 3 aromatic heterocycles. The van der Waals surface area contributed by atoms with Crippen molar-refractivity contribution in [2.75, 3.05) is 25.0 Å². The molecule has 0 bridgehead atoms. The quantitative estimate of drug-likeness (QED) is 0.127. The monoisotopic (exact) mass is 617 g/mol. The van der Waals surface area contributed by atoms with Crippen LogP contribution in [0.2, 0.25) is 15.7 Å². The van der Waals surface area contributed by atoms with Gasteiger partial charge in [0, 0.05) is 49.4 Å². The van der Waals surface area contributed by atoms with E-state index in [1.54, 1.807) is 23.4 Å². The molecule has 0 aliphatic carbocycles. The first-order chi connectivity index (χ1) is 20.5. The number of nitriles is 1. The summed E-state index contributed by atoms with van der Waals surface area (Å²) < 4.78 is 0. The third kappa shape index (κ3) is 9.93. The van der Waals surface area contributed by atoms with Crippen molar-refractivity contribution in [3.63, 3.8) is 0 Å². The van der Waals surface area contributed by atoms with E-state index in [1.807, 2.05) is 72.8 Å². The number of nitrogens with one attached hydrogen (secondary N) is 1. The van der Waals surface area contributed by atoms with Gasteiger partial charge in [0.25, 0.3) is 0 Å². The van der Waals surface area contributed by atoms with Gasteiger partial charge in [0.05, 0.1) is 11.4 Å². The topological polar surface area (TPSA) is 116 Å². The Hall–Kier alpha value is -4.36. The largest absolute Gasteiger partial charge is 0.354 e. The summed E-state index contributed by atoms with van der Waals surface area (Å²) in [6.07, 6.45) is 8.16. The van der Waals surface area contributed by atoms with Crippen LogP contribution < -0.4 is 5.32 Å². The average Bonchev–Trinajstić information content (AvgIpc) is 3.50. The maximum Gasteiger partial charge on any atom is 0.223 e. The van der Waals surface area contributed by atoms with Crippen LogP contribution in [-0.2, 0) is 0 Å². The molecule has 12 heteroatoms. The molecular formula is C30H26Cl3N9. The molecule has 6 rings (SSSR count). The zero-order chi connectivity index (χ0) is 29.6. The molecule has 212 valence electrons. The van der Waals surface area contributed by atoms with E-state index in [4.69, 9.17) is 40.1 Å². The van der Waals surface area contributed by atoms with E-state index in [0.717, 1.165) is 48.6 Å². The smallest absolute Gasteiger partial charge is 0.223 e. The van der Waals surface area contributed by atoms with Crippen LogP contribution in [0, 0.1) is 17.4 Å². The van der Waals surface area contributed by atoms with Gasteiger partial charge in [-0.1, -0.05) is 72.3 Å². The van der Waals surface area contributed by atoms with E-state index in [2.05, 4.69) is 41.4 Å². The third-order valence-corrected chi connectivity index (χ3v) is 6.56. The summed E-state index contributed by atoms with van der Waals surface area (Å²) in [5.41, 5.74) is 3.89. The summed E-state index contributed by atoms with van der Waals surface area (Å²) >= 11 is 16.4. The number of nitrogens with zero attached hydrogens (tertiary/aromatic N) is 8. The SMILES string of the molecule is Clc1ccnc(Cl)n1.Clc1nccc(-c2ccccc2)n1.N#CN1CC[C@@H](CNc2nccc(-c3ccccc3)n2)C1. The summed E-state index contributed by atoms with van der Waals surface area (Å²) in [4.78, 5) is 25.7. The van der Waals surface area contributed by atoms with Crippen LogP contribution in [0.25, 0.3) is 22.5 Å². The highest BCUT2D eigenvalue weighted by Gasteiger charge is 2.21. The fourth-order valence-corrected chi connectivity index (χ4v) is 4.43. The van der Waals surface area contributed by atoms with E-state index in [1.165, 1.54) is 6.20 Å². The Morgan fingerprint density at radius 2 is 1.31 bits per heavy atom. The minimum absolute atomic E-state index is 0.178. The number of anilines is 1. The van der Waals surface area contributed by atoms with Crippen molar-refractivity contribution in [3.8, 4) is 28.7 Å². The predicted octanol–water partition coefficient (Wildman–Crippen LogP) is 6.94. The van der Waals surface area contributed by atoms with Crippen molar-refractivity contribution in [3.05, 3.63) is 113 Å². The van der Waals surface area contributed by atoms with Crippen molar-refractivity contribution < 1.29 is 0 Å². The Balaban J connectivity index is 0.000000163. The van der Waals surface area contributed by atoms with E-state index >= 15 is 0 Å². The van der Waals surface area contributed by atoms with Gasteiger partial charge in [0.15, 0.2) is 6.19 Å². The average molecular weight is 619 g/mol. The number of hydrogen-bond donors (Lipinski definition) is 1. The number of likely N-dealkylation sites (tertiary alicyclic amines) is 1. The highest BCUT2D eigenvalue weighted by Crippen LogP contribution is 2.19. The molecule has 1 aliphatic rings. The molecule has 0 unspecified atom stereocenters. The van der Waals surface area contributed by atoms with Crippen molar-refractivity contribution in [2.45, 2.75) is 6.42 Å². The molecule has 9 nitrogen and oxygen atoms in total. The molecule has 5 aromatic rings. The van der Waals surface area contributed by atoms with Crippen molar-refractivity contribution in [2.24, 2.45) is 5.92 Å². The van der Waals surface area contributed by atoms with Gasteiger partial charge in [-0.15, -0.1) is 0 Å². The molecule has 1 saturated heterocycles. The van der Waals surface area contributed by atoms with Crippen LogP contribution in [0.15, 0.2) is 97.5 Å². The van der Waals surface area contributed by atoms with E-state index < -0.39 is 0 Å². The second-order valence-electron chi connectivity index (χ2n) is 8.94. The lowest BCUT2D eigenvalue weighted by Crippen LogP contribution is -2.19. The zero-order valence-electron chi connectivity index (χ0n) is 22.4. The van der Waals surface area contributed by atoms with Gasteiger partial charge in [-0.3, -0.25) is 0 Å². The Morgan fingerprint density at radius 1 is 0.738 bits per heavy atom. The number of hydrogen-bond acceptors (Lipinski definition) is 9. The molecule has 1 aliphatic heterocycles. The van der Waals surface area contributed by atoms with Crippen LogP contribution >= 0.6 is 34.8 Å². The van der Waals surface area contributed by atoms with E-state index in [0.29, 0.717) is 17.0 Å². The molecule has 1 N–H and O–H groups in total. The molecule has 0 saturated carbocycles. The Morgan fingerprint density at radius 3 is 1.83 bits per heavy atom. The van der Waals surface area contributed by atoms with Crippen LogP contribution in [-0.4, -0.2) is 54.4 Å². The maximum absolute atomic E-state index is 8.86. The molecule has 1 fully saturated rings. The zero-order valence-corrected chi connectivity index (χ0v) is 24.6. The molecule has 42 heavy (non-hydrogen) atoms. The van der Waals surface area contributed by atoms with E-state index in [9.17, 15) is 0 Å². The standard InChI is InChI=1S/C16H17N5.C10H7ClN2.C4H2Cl2N2/c17-12-21-9-7-13(11-21)10-19-16-18-8-6-15(20-16)14-4-2-1-3-5-14;11-10-12-7-6-9(13-10)8-4-2-1-3-5-8;5-3-1-2-7-4(6)8-3/h1-6,8,13H,7,9-11H2,(H,18,19,20);1-7H;1-2H/t13-;;/m0../s1. The molecule has 0 radical (unpaired) electrons. The Kier molecular flexibility index (Phi) is 11.8. The Bertz CT molecular complexity index is 1570. The van der Waals surface area contributed by atoms with Gasteiger partial charge in [0.1, 0.15) is 5.15 Å². The van der Waals surface area contributed by atoms with Gasteiger partial charge in [-0.25, -0.2) is 29.9 Å². The number of rotatable bonds is 5. The minimum atomic E-state index is 0.178. The summed E-state index contributed by atoms with van der Waals surface area (Å²) in [5.74, 6) is 1.13. The maximum atomic E-state index is 8.86. The van der Waals surface area contributed by atoms with Crippen molar-refractivity contribution in [1.29, 1.82) is 5.26 Å². The highest BCUT2D eigenvalue weighted by atomic mass is 35.5. The summed E-state index contributed by atoms with van der Waals surface area (Å²) in [6.45, 7) is 2.48. The van der Waals surface area contributed by atoms with Gasteiger partial charge in [-0.2, -0.15) is 5.26 Å². The van der Waals surface area contributed by atoms with Gasteiger partial charge >= 0.3 is 0 Å². The summed E-state index contributed by atoms with van der Waals surface area (Å²) in [7, 11) is 0. The third-order valence-electron chi connectivity index (χ3n) is 5.99. The normalized spacial score (nSPS) is 13.6. The second-order valence-corrected chi connectivity index (χ2v) is 10.0. The summed E-state index contributed by atoms with van der Waals surface area (Å²) in [5, 5.41) is 13.0. The molecule has 0 amide bonds. The van der Waals surface area contributed by atoms with Gasteiger partial charge in [0.2, 0.25) is 16.5 Å². The predicted molar refractivity (Wildman–Crippen MR) is 166 cm³/mol. The first kappa shape index (κ1) is 30.6. The van der Waals surface area contributed by atoms with Gasteiger partial charge < -0.3 is 10.2 Å². The lowest BCUT2D eigenvalue weighted by atomic mass is 10.1. The van der Waals surface area contributed by atoms with Crippen LogP contribution in [0.3, 0.4) is 0 Å². The second kappa shape index (κ2) is 16.2. The Labute approximate surface area is 259 Å². The molecule has 4 heterocycles. The minimum Gasteiger partial charge on any atom is -0.354 e. The fourth-order valence-electron chi connectivity index (χ4n) is 3.96. The van der Waals surface area contributed by atoms with Gasteiger partial charge in [-0.05, 0) is 53.7 Å². The molecule has 1 atom stereocenters. The van der Waals surface area contributed by atoms with E-state index in [-0.39, 0.29) is 10.6 Å². The van der Waals surface area contributed by atoms with Crippen molar-refractivity contribution >= 4 is 40.8 Å². The first-order valence-electron chi connectivity index (χ1n) is 12.9. The van der Waals surface area contributed by atoms with Crippen molar-refractivity contribution in [1.82, 2.24) is 34.8 Å². The lowest BCUT2D eigenvalue weighted by Gasteiger charge is -2.11. The van der Waals surface area contributed by atoms with Crippen LogP contribution in [0.5, 0.6) is 0 Å².